The monoisotopic (exact) mass is 435 g/mol. The van der Waals surface area contributed by atoms with Gasteiger partial charge in [-0.15, -0.1) is 23.1 Å². The molecule has 0 aliphatic carbocycles. The number of ether oxygens (including phenoxy) is 1. The molecule has 0 bridgehead atoms. The molecule has 0 aliphatic heterocycles. The molecule has 0 spiro atoms. The molecule has 0 saturated heterocycles. The van der Waals surface area contributed by atoms with Crippen LogP contribution in [-0.4, -0.2) is 27.1 Å². The first-order valence-corrected chi connectivity index (χ1v) is 11.0. The van der Waals surface area contributed by atoms with E-state index in [9.17, 15) is 4.79 Å². The zero-order valence-corrected chi connectivity index (χ0v) is 17.6. The van der Waals surface area contributed by atoms with Crippen molar-refractivity contribution in [2.75, 3.05) is 16.9 Å². The van der Waals surface area contributed by atoms with Gasteiger partial charge in [0.2, 0.25) is 17.7 Å². The van der Waals surface area contributed by atoms with Gasteiger partial charge in [0.05, 0.1) is 22.4 Å². The molecule has 0 saturated carbocycles. The highest BCUT2D eigenvalue weighted by molar-refractivity contribution is 7.98. The largest absolute Gasteiger partial charge is 0.437 e. The zero-order chi connectivity index (χ0) is 20.9. The molecule has 3 heterocycles. The number of amides is 1. The number of hydrogen-bond donors (Lipinski definition) is 2. The highest BCUT2D eigenvalue weighted by atomic mass is 32.2. The molecular weight excluding hydrogens is 418 g/mol. The second kappa shape index (κ2) is 8.93. The fourth-order valence-corrected chi connectivity index (χ4v) is 3.73. The summed E-state index contributed by atoms with van der Waals surface area (Å²) in [5.41, 5.74) is 2.16. The summed E-state index contributed by atoms with van der Waals surface area (Å²) < 4.78 is 6.87. The van der Waals surface area contributed by atoms with Gasteiger partial charge >= 0.3 is 0 Å². The first-order valence-electron chi connectivity index (χ1n) is 8.88. The van der Waals surface area contributed by atoms with E-state index in [-0.39, 0.29) is 5.91 Å². The first-order chi connectivity index (χ1) is 14.6. The number of aromatic nitrogens is 3. The van der Waals surface area contributed by atoms with Gasteiger partial charge in [0, 0.05) is 11.8 Å². The molecule has 1 amide bonds. The molecule has 150 valence electrons. The van der Waals surface area contributed by atoms with Crippen LogP contribution in [0, 0.1) is 0 Å². The molecule has 2 N–H and O–H groups in total. The minimum atomic E-state index is -0.289. The average molecular weight is 436 g/mol. The number of benzene rings is 1. The molecule has 0 unspecified atom stereocenters. The quantitative estimate of drug-likeness (QED) is 0.294. The second-order valence-corrected chi connectivity index (χ2v) is 7.77. The number of thioether (sulfide) groups is 1. The predicted octanol–water partition coefficient (Wildman–Crippen LogP) is 5.47. The van der Waals surface area contributed by atoms with Crippen molar-refractivity contribution in [1.82, 2.24) is 15.0 Å². The lowest BCUT2D eigenvalue weighted by molar-refractivity contribution is -0.111. The van der Waals surface area contributed by atoms with Crippen molar-refractivity contribution in [1.29, 1.82) is 0 Å². The molecule has 4 aromatic rings. The molecule has 0 fully saturated rings. The summed E-state index contributed by atoms with van der Waals surface area (Å²) in [5, 5.41) is 8.75. The Hall–Kier alpha value is -3.43. The van der Waals surface area contributed by atoms with Crippen LogP contribution in [0.25, 0.3) is 10.2 Å². The Morgan fingerprint density at radius 2 is 2.10 bits per heavy atom. The number of pyridine rings is 1. The number of anilines is 3. The number of nitrogens with one attached hydrogen (secondary N) is 2. The van der Waals surface area contributed by atoms with Crippen molar-refractivity contribution in [3.63, 3.8) is 0 Å². The summed E-state index contributed by atoms with van der Waals surface area (Å²) >= 11 is 3.07. The van der Waals surface area contributed by atoms with E-state index in [4.69, 9.17) is 4.74 Å². The topological polar surface area (TPSA) is 89.0 Å². The lowest BCUT2D eigenvalue weighted by atomic mass is 10.3. The Bertz CT molecular complexity index is 1210. The summed E-state index contributed by atoms with van der Waals surface area (Å²) in [7, 11) is 0. The van der Waals surface area contributed by atoms with E-state index in [1.807, 2.05) is 29.8 Å². The Labute approximate surface area is 181 Å². The minimum Gasteiger partial charge on any atom is -0.437 e. The molecule has 0 radical (unpaired) electrons. The van der Waals surface area contributed by atoms with Crippen molar-refractivity contribution in [3.05, 3.63) is 66.7 Å². The van der Waals surface area contributed by atoms with Crippen molar-refractivity contribution in [2.24, 2.45) is 0 Å². The third kappa shape index (κ3) is 4.58. The third-order valence-corrected chi connectivity index (χ3v) is 5.53. The molecule has 7 nitrogen and oxygen atoms in total. The van der Waals surface area contributed by atoms with E-state index in [1.165, 1.54) is 17.4 Å². The highest BCUT2D eigenvalue weighted by Crippen LogP contribution is 2.33. The third-order valence-electron chi connectivity index (χ3n) is 3.98. The summed E-state index contributed by atoms with van der Waals surface area (Å²) in [6.07, 6.45) is 4.93. The van der Waals surface area contributed by atoms with E-state index in [0.29, 0.717) is 23.3 Å². The van der Waals surface area contributed by atoms with Crippen LogP contribution in [0.1, 0.15) is 0 Å². The fourth-order valence-electron chi connectivity index (χ4n) is 2.61. The number of hydrogen-bond acceptors (Lipinski definition) is 8. The summed E-state index contributed by atoms with van der Waals surface area (Å²) in [6, 6.07) is 12.8. The van der Waals surface area contributed by atoms with E-state index < -0.39 is 0 Å². The number of thiophene rings is 1. The van der Waals surface area contributed by atoms with Gasteiger partial charge in [-0.3, -0.25) is 4.79 Å². The van der Waals surface area contributed by atoms with Gasteiger partial charge in [0.25, 0.3) is 0 Å². The standard InChI is InChI=1S/C21H17N5O2S2/c1-3-17(27)23-13-5-4-6-15(11-13)28-20-19-16(9-10-30-19)25-21(26-20)24-14-7-8-18(29-2)22-12-14/h3-12H,1H2,2H3,(H,23,27)(H,24,25,26). The van der Waals surface area contributed by atoms with Gasteiger partial charge < -0.3 is 15.4 Å². The Balaban J connectivity index is 1.62. The van der Waals surface area contributed by atoms with Gasteiger partial charge in [-0.25, -0.2) is 9.97 Å². The van der Waals surface area contributed by atoms with Crippen LogP contribution in [0.15, 0.2) is 71.7 Å². The summed E-state index contributed by atoms with van der Waals surface area (Å²) in [4.78, 5) is 25.0. The van der Waals surface area contributed by atoms with Gasteiger partial charge in [0.1, 0.15) is 10.4 Å². The van der Waals surface area contributed by atoms with Crippen LogP contribution in [0.3, 0.4) is 0 Å². The number of fused-ring (bicyclic) bond motifs is 1. The van der Waals surface area contributed by atoms with Gasteiger partial charge in [-0.05, 0) is 48.0 Å². The maximum atomic E-state index is 11.5. The number of nitrogens with zero attached hydrogens (tertiary/aromatic N) is 3. The Kier molecular flexibility index (Phi) is 5.92. The first kappa shape index (κ1) is 19.9. The number of carbonyl (C=O) groups excluding carboxylic acids is 1. The SMILES string of the molecule is C=CC(=O)Nc1cccc(Oc2nc(Nc3ccc(SC)nc3)nc3ccsc23)c1. The summed E-state index contributed by atoms with van der Waals surface area (Å²) in [5.74, 6) is 1.09. The normalized spacial score (nSPS) is 10.6. The van der Waals surface area contributed by atoms with Crippen LogP contribution in [0.2, 0.25) is 0 Å². The van der Waals surface area contributed by atoms with Crippen LogP contribution < -0.4 is 15.4 Å². The average Bonchev–Trinajstić information content (AvgIpc) is 3.23. The molecule has 0 aliphatic rings. The molecule has 4 rings (SSSR count). The van der Waals surface area contributed by atoms with Crippen LogP contribution in [-0.2, 0) is 4.79 Å². The number of carbonyl (C=O) groups is 1. The van der Waals surface area contributed by atoms with E-state index >= 15 is 0 Å². The van der Waals surface area contributed by atoms with E-state index in [1.54, 1.807) is 42.2 Å². The number of rotatable bonds is 7. The van der Waals surface area contributed by atoms with Crippen LogP contribution >= 0.6 is 23.1 Å². The Morgan fingerprint density at radius 1 is 1.20 bits per heavy atom. The molecular formula is C21H17N5O2S2. The summed E-state index contributed by atoms with van der Waals surface area (Å²) in [6.45, 7) is 3.46. The highest BCUT2D eigenvalue weighted by Gasteiger charge is 2.12. The smallest absolute Gasteiger partial charge is 0.247 e. The minimum absolute atomic E-state index is 0.289. The van der Waals surface area contributed by atoms with Crippen molar-refractivity contribution in [3.8, 4) is 11.6 Å². The molecule has 3 aromatic heterocycles. The van der Waals surface area contributed by atoms with Crippen LogP contribution in [0.5, 0.6) is 11.6 Å². The van der Waals surface area contributed by atoms with Crippen molar-refractivity contribution >= 4 is 56.5 Å². The lowest BCUT2D eigenvalue weighted by Crippen LogP contribution is -2.07. The Morgan fingerprint density at radius 3 is 2.87 bits per heavy atom. The van der Waals surface area contributed by atoms with Crippen LogP contribution in [0.4, 0.5) is 17.3 Å². The zero-order valence-electron chi connectivity index (χ0n) is 16.0. The molecule has 9 heteroatoms. The van der Waals surface area contributed by atoms with Crippen molar-refractivity contribution in [2.45, 2.75) is 5.03 Å². The molecule has 30 heavy (non-hydrogen) atoms. The maximum Gasteiger partial charge on any atom is 0.247 e. The second-order valence-electron chi connectivity index (χ2n) is 6.02. The maximum absolute atomic E-state index is 11.5. The van der Waals surface area contributed by atoms with Gasteiger partial charge in [-0.1, -0.05) is 12.6 Å². The fraction of sp³-hybridized carbons (Fsp3) is 0.0476. The van der Waals surface area contributed by atoms with E-state index in [0.717, 1.165) is 20.9 Å². The van der Waals surface area contributed by atoms with Crippen molar-refractivity contribution < 1.29 is 9.53 Å². The van der Waals surface area contributed by atoms with E-state index in [2.05, 4.69) is 32.2 Å². The molecule has 0 atom stereocenters. The predicted molar refractivity (Wildman–Crippen MR) is 122 cm³/mol. The molecule has 1 aromatic carbocycles. The van der Waals surface area contributed by atoms with Gasteiger partial charge in [-0.2, -0.15) is 4.98 Å². The lowest BCUT2D eigenvalue weighted by Gasteiger charge is -2.10. The van der Waals surface area contributed by atoms with Gasteiger partial charge in [0.15, 0.2) is 0 Å².